The highest BCUT2D eigenvalue weighted by Crippen LogP contribution is 2.42. The first-order valence-corrected chi connectivity index (χ1v) is 9.68. The molecule has 0 saturated heterocycles. The predicted octanol–water partition coefficient (Wildman–Crippen LogP) is 4.50. The van der Waals surface area contributed by atoms with Crippen molar-refractivity contribution in [3.8, 4) is 0 Å². The number of rotatable bonds is 5. The fraction of sp³-hybridized carbons (Fsp3) is 0.444. The van der Waals surface area contributed by atoms with Crippen molar-refractivity contribution in [1.82, 2.24) is 4.98 Å². The van der Waals surface area contributed by atoms with Crippen LogP contribution in [0.5, 0.6) is 0 Å². The Labute approximate surface area is 157 Å². The number of thioether (sulfide) groups is 1. The Morgan fingerprint density at radius 1 is 1.48 bits per heavy atom. The maximum absolute atomic E-state index is 12.7. The van der Waals surface area contributed by atoms with Crippen molar-refractivity contribution in [2.75, 3.05) is 12.9 Å². The number of aromatic nitrogens is 1. The van der Waals surface area contributed by atoms with E-state index < -0.39 is 17.9 Å². The van der Waals surface area contributed by atoms with Gasteiger partial charge in [-0.2, -0.15) is 0 Å². The van der Waals surface area contributed by atoms with Crippen molar-refractivity contribution in [3.63, 3.8) is 0 Å². The number of halogens is 1. The highest BCUT2D eigenvalue weighted by molar-refractivity contribution is 8.13. The number of aliphatic imine (C=N–C) groups is 1. The lowest BCUT2D eigenvalue weighted by Crippen LogP contribution is -2.33. The molecule has 0 aliphatic carbocycles. The molecule has 1 aliphatic heterocycles. The van der Waals surface area contributed by atoms with Gasteiger partial charge in [0.25, 0.3) is 6.04 Å². The predicted molar refractivity (Wildman–Crippen MR) is 102 cm³/mol. The second-order valence-electron chi connectivity index (χ2n) is 5.42. The van der Waals surface area contributed by atoms with Crippen LogP contribution in [0.3, 0.4) is 0 Å². The highest BCUT2D eigenvalue weighted by Gasteiger charge is 2.44. The molecule has 2 unspecified atom stereocenters. The zero-order valence-corrected chi connectivity index (χ0v) is 16.0. The summed E-state index contributed by atoms with van der Waals surface area (Å²) >= 11 is 7.73. The summed E-state index contributed by atoms with van der Waals surface area (Å²) in [6.07, 6.45) is 4.94. The van der Waals surface area contributed by atoms with Gasteiger partial charge in [-0.3, -0.25) is 0 Å². The van der Waals surface area contributed by atoms with Crippen LogP contribution in [0.4, 0.5) is 0 Å². The van der Waals surface area contributed by atoms with Gasteiger partial charge in [-0.1, -0.05) is 31.0 Å². The highest BCUT2D eigenvalue weighted by atomic mass is 35.5. The number of carbonyl (C=O) groups excluding carboxylic acids is 1. The molecule has 0 amide bonds. The van der Waals surface area contributed by atoms with E-state index in [-0.39, 0.29) is 6.61 Å². The number of allylic oxidation sites excluding steroid dienone is 1. The number of esters is 1. The minimum absolute atomic E-state index is 0.261. The Balaban J connectivity index is 2.72. The van der Waals surface area contributed by atoms with Gasteiger partial charge < -0.3 is 9.58 Å². The largest absolute Gasteiger partial charge is 0.463 e. The third kappa shape index (κ3) is 4.05. The van der Waals surface area contributed by atoms with Crippen LogP contribution in [-0.2, 0) is 9.53 Å². The van der Waals surface area contributed by atoms with Crippen LogP contribution in [0.25, 0.3) is 4.85 Å². The second-order valence-corrected chi connectivity index (χ2v) is 6.60. The van der Waals surface area contributed by atoms with Crippen molar-refractivity contribution in [2.45, 2.75) is 38.6 Å². The van der Waals surface area contributed by atoms with E-state index in [1.807, 2.05) is 19.2 Å². The van der Waals surface area contributed by atoms with Crippen LogP contribution in [0, 0.1) is 6.57 Å². The number of nitrogens with zero attached hydrogens (tertiary/aromatic N) is 3. The van der Waals surface area contributed by atoms with Gasteiger partial charge >= 0.3 is 5.97 Å². The standard InChI is InChI=1S/C18H20ClN3O2S/c1-5-8-12-14(18(23)24-6-2)13(11-9-7-10-21-16(11)19)15(20-3)17(22-12)25-4/h7,9-10,13,15H,5-6,8H2,1-2,4H3. The topological polar surface area (TPSA) is 55.9 Å². The first-order valence-electron chi connectivity index (χ1n) is 8.08. The zero-order chi connectivity index (χ0) is 18.4. The SMILES string of the molecule is [C-]#[N+]C1C(SC)=NC(CCC)=C(C(=O)OCC)C1c1cccnc1Cl. The number of hydrogen-bond acceptors (Lipinski definition) is 5. The van der Waals surface area contributed by atoms with Crippen molar-refractivity contribution in [3.05, 3.63) is 51.7 Å². The minimum atomic E-state index is -0.614. The van der Waals surface area contributed by atoms with Crippen molar-refractivity contribution in [1.29, 1.82) is 0 Å². The molecule has 0 fully saturated rings. The molecule has 132 valence electrons. The lowest BCUT2D eigenvalue weighted by atomic mass is 9.82. The van der Waals surface area contributed by atoms with Crippen LogP contribution in [0.15, 0.2) is 34.6 Å². The van der Waals surface area contributed by atoms with E-state index in [1.165, 1.54) is 11.8 Å². The summed E-state index contributed by atoms with van der Waals surface area (Å²) in [5.74, 6) is -0.965. The maximum Gasteiger partial charge on any atom is 0.336 e. The van der Waals surface area contributed by atoms with Gasteiger partial charge in [0.1, 0.15) is 11.1 Å². The summed E-state index contributed by atoms with van der Waals surface area (Å²) < 4.78 is 5.27. The fourth-order valence-corrected chi connectivity index (χ4v) is 3.74. The minimum Gasteiger partial charge on any atom is -0.463 e. The van der Waals surface area contributed by atoms with E-state index in [1.54, 1.807) is 19.2 Å². The Bertz CT molecular complexity index is 755. The summed E-state index contributed by atoms with van der Waals surface area (Å²) in [5, 5.41) is 0.984. The van der Waals surface area contributed by atoms with Gasteiger partial charge in [0.15, 0.2) is 5.04 Å². The zero-order valence-electron chi connectivity index (χ0n) is 14.5. The van der Waals surface area contributed by atoms with Gasteiger partial charge in [-0.15, -0.1) is 11.8 Å². The molecule has 0 radical (unpaired) electrons. The van der Waals surface area contributed by atoms with Gasteiger partial charge in [0.2, 0.25) is 0 Å². The summed E-state index contributed by atoms with van der Waals surface area (Å²) in [5.41, 5.74) is 1.76. The number of pyridine rings is 1. The number of carbonyl (C=O) groups is 1. The normalized spacial score (nSPS) is 20.0. The summed E-state index contributed by atoms with van der Waals surface area (Å²) in [6.45, 7) is 11.7. The molecule has 0 aromatic carbocycles. The number of hydrogen-bond donors (Lipinski definition) is 0. The molecule has 1 aromatic heterocycles. The molecule has 0 spiro atoms. The quantitative estimate of drug-likeness (QED) is 0.430. The third-order valence-corrected chi connectivity index (χ3v) is 4.96. The molecular weight excluding hydrogens is 358 g/mol. The summed E-state index contributed by atoms with van der Waals surface area (Å²) in [7, 11) is 0. The van der Waals surface area contributed by atoms with E-state index in [0.29, 0.717) is 33.5 Å². The smallest absolute Gasteiger partial charge is 0.336 e. The monoisotopic (exact) mass is 377 g/mol. The van der Waals surface area contributed by atoms with E-state index in [9.17, 15) is 4.79 Å². The Morgan fingerprint density at radius 2 is 2.24 bits per heavy atom. The lowest BCUT2D eigenvalue weighted by Gasteiger charge is -2.27. The molecule has 25 heavy (non-hydrogen) atoms. The number of ether oxygens (including phenoxy) is 1. The molecule has 5 nitrogen and oxygen atoms in total. The first-order chi connectivity index (χ1) is 12.1. The Kier molecular flexibility index (Phi) is 7.03. The molecular formula is C18H20ClN3O2S. The van der Waals surface area contributed by atoms with E-state index in [0.717, 1.165) is 6.42 Å². The average molecular weight is 378 g/mol. The van der Waals surface area contributed by atoms with Crippen LogP contribution in [-0.4, -0.2) is 34.9 Å². The van der Waals surface area contributed by atoms with Crippen LogP contribution in [0.1, 0.15) is 38.2 Å². The average Bonchev–Trinajstić information content (AvgIpc) is 2.61. The molecule has 1 aliphatic rings. The maximum atomic E-state index is 12.7. The Hall–Kier alpha value is -1.84. The molecule has 2 atom stereocenters. The molecule has 2 heterocycles. The molecule has 0 saturated carbocycles. The second kappa shape index (κ2) is 9.02. The molecule has 7 heteroatoms. The van der Waals surface area contributed by atoms with Crippen LogP contribution < -0.4 is 0 Å². The molecule has 0 N–H and O–H groups in total. The van der Waals surface area contributed by atoms with Crippen molar-refractivity contribution in [2.24, 2.45) is 4.99 Å². The van der Waals surface area contributed by atoms with Gasteiger partial charge in [-0.25, -0.2) is 21.3 Å². The third-order valence-electron chi connectivity index (χ3n) is 3.89. The van der Waals surface area contributed by atoms with Crippen molar-refractivity contribution >= 4 is 34.4 Å². The lowest BCUT2D eigenvalue weighted by molar-refractivity contribution is -0.139. The van der Waals surface area contributed by atoms with Crippen molar-refractivity contribution < 1.29 is 9.53 Å². The van der Waals surface area contributed by atoms with E-state index >= 15 is 0 Å². The van der Waals surface area contributed by atoms with Gasteiger partial charge in [0.05, 0.1) is 17.9 Å². The fourth-order valence-electron chi connectivity index (χ4n) is 2.87. The van der Waals surface area contributed by atoms with Crippen LogP contribution in [0.2, 0.25) is 5.15 Å². The summed E-state index contributed by atoms with van der Waals surface area (Å²) in [4.78, 5) is 25.2. The van der Waals surface area contributed by atoms with Gasteiger partial charge in [-0.05, 0) is 25.7 Å². The molecule has 1 aromatic rings. The van der Waals surface area contributed by atoms with E-state index in [4.69, 9.17) is 22.9 Å². The van der Waals surface area contributed by atoms with E-state index in [2.05, 4.69) is 14.8 Å². The first kappa shape index (κ1) is 19.5. The van der Waals surface area contributed by atoms with Crippen LogP contribution >= 0.6 is 23.4 Å². The van der Waals surface area contributed by atoms with Gasteiger partial charge in [0, 0.05) is 11.8 Å². The molecule has 0 bridgehead atoms. The molecule has 2 rings (SSSR count). The Morgan fingerprint density at radius 3 is 2.80 bits per heavy atom. The summed E-state index contributed by atoms with van der Waals surface area (Å²) in [6, 6.07) is 2.95.